The summed E-state index contributed by atoms with van der Waals surface area (Å²) in [4.78, 5) is 1.78. The van der Waals surface area contributed by atoms with Crippen LogP contribution in [0.5, 0.6) is 0 Å². The van der Waals surface area contributed by atoms with Gasteiger partial charge in [-0.1, -0.05) is 0 Å². The van der Waals surface area contributed by atoms with Gasteiger partial charge in [-0.25, -0.2) is 12.6 Å². The second-order valence-corrected chi connectivity index (χ2v) is 8.97. The minimum atomic E-state index is -3.70. The molecule has 0 aliphatic carbocycles. The van der Waals surface area contributed by atoms with Crippen LogP contribution in [0.3, 0.4) is 0 Å². The standard InChI is InChI=1S/C18H24N4O7S2/c19-17-13-15(22(7-9-23)8-10-24)3-6-18(17)21-20-14-1-4-16(5-2-14)31(27,28)12-11-29-30(25)26/h1-6,13,23-24H,7-12,19H2,(H,25,26)/p-1. The minimum Gasteiger partial charge on any atom is -0.750 e. The van der Waals surface area contributed by atoms with Crippen LogP contribution in [0.2, 0.25) is 0 Å². The molecule has 0 aromatic heterocycles. The van der Waals surface area contributed by atoms with E-state index in [2.05, 4.69) is 14.4 Å². The molecule has 0 saturated carbocycles. The molecular weight excluding hydrogens is 448 g/mol. The van der Waals surface area contributed by atoms with Gasteiger partial charge in [0.05, 0.1) is 53.2 Å². The summed E-state index contributed by atoms with van der Waals surface area (Å²) in [5.41, 5.74) is 7.88. The first-order chi connectivity index (χ1) is 14.8. The Kier molecular flexibility index (Phi) is 9.48. The van der Waals surface area contributed by atoms with E-state index in [9.17, 15) is 17.2 Å². The molecule has 13 heteroatoms. The number of anilines is 2. The van der Waals surface area contributed by atoms with Crippen LogP contribution in [0.1, 0.15) is 0 Å². The van der Waals surface area contributed by atoms with E-state index in [1.165, 1.54) is 24.3 Å². The predicted molar refractivity (Wildman–Crippen MR) is 115 cm³/mol. The third-order valence-corrected chi connectivity index (χ3v) is 6.17. The van der Waals surface area contributed by atoms with Gasteiger partial charge in [0.2, 0.25) is 0 Å². The van der Waals surface area contributed by atoms with Gasteiger partial charge in [0, 0.05) is 18.8 Å². The molecule has 1 unspecified atom stereocenters. The predicted octanol–water partition coefficient (Wildman–Crippen LogP) is 1.06. The van der Waals surface area contributed by atoms with Gasteiger partial charge in [-0.3, -0.25) is 4.18 Å². The summed E-state index contributed by atoms with van der Waals surface area (Å²) in [6.45, 7) is 0.0771. The highest BCUT2D eigenvalue weighted by atomic mass is 32.2. The van der Waals surface area contributed by atoms with Crippen molar-refractivity contribution < 1.29 is 31.6 Å². The number of hydrogen-bond donors (Lipinski definition) is 3. The van der Waals surface area contributed by atoms with Gasteiger partial charge in [0.1, 0.15) is 5.69 Å². The highest BCUT2D eigenvalue weighted by Gasteiger charge is 2.14. The first kappa shape index (κ1) is 24.8. The molecule has 2 aromatic carbocycles. The van der Waals surface area contributed by atoms with Crippen LogP contribution < -0.4 is 10.6 Å². The van der Waals surface area contributed by atoms with Gasteiger partial charge in [-0.05, 0) is 42.5 Å². The van der Waals surface area contributed by atoms with Gasteiger partial charge < -0.3 is 25.4 Å². The zero-order valence-corrected chi connectivity index (χ0v) is 18.1. The van der Waals surface area contributed by atoms with Crippen molar-refractivity contribution in [2.24, 2.45) is 10.2 Å². The van der Waals surface area contributed by atoms with Crippen LogP contribution >= 0.6 is 0 Å². The fourth-order valence-corrected chi connectivity index (χ4v) is 4.02. The molecule has 0 saturated heterocycles. The molecule has 0 fully saturated rings. The van der Waals surface area contributed by atoms with Crippen LogP contribution in [0.4, 0.5) is 22.7 Å². The molecule has 0 amide bonds. The topological polar surface area (TPSA) is 178 Å². The zero-order valence-electron chi connectivity index (χ0n) is 16.5. The Balaban J connectivity index is 2.09. The van der Waals surface area contributed by atoms with Gasteiger partial charge in [0.15, 0.2) is 9.84 Å². The largest absolute Gasteiger partial charge is 0.750 e. The lowest BCUT2D eigenvalue weighted by Crippen LogP contribution is -2.29. The molecule has 1 atom stereocenters. The molecule has 0 aliphatic rings. The molecule has 2 rings (SSSR count). The number of aliphatic hydroxyl groups is 2. The van der Waals surface area contributed by atoms with Crippen LogP contribution in [0, 0.1) is 0 Å². The third kappa shape index (κ3) is 7.65. The van der Waals surface area contributed by atoms with E-state index >= 15 is 0 Å². The molecule has 0 radical (unpaired) electrons. The van der Waals surface area contributed by atoms with Crippen molar-refractivity contribution in [3.8, 4) is 0 Å². The second kappa shape index (κ2) is 11.8. The summed E-state index contributed by atoms with van der Waals surface area (Å²) in [6, 6.07) is 10.6. The second-order valence-electron chi connectivity index (χ2n) is 6.22. The number of aliphatic hydroxyl groups excluding tert-OH is 2. The van der Waals surface area contributed by atoms with Crippen LogP contribution in [-0.4, -0.2) is 66.1 Å². The Morgan fingerprint density at radius 3 is 2.26 bits per heavy atom. The molecule has 0 heterocycles. The molecule has 11 nitrogen and oxygen atoms in total. The average molecular weight is 472 g/mol. The molecule has 2 aromatic rings. The summed E-state index contributed by atoms with van der Waals surface area (Å²) in [5.74, 6) is -0.478. The highest BCUT2D eigenvalue weighted by molar-refractivity contribution is 7.91. The van der Waals surface area contributed by atoms with Crippen molar-refractivity contribution in [1.29, 1.82) is 0 Å². The average Bonchev–Trinajstić information content (AvgIpc) is 2.72. The van der Waals surface area contributed by atoms with E-state index in [0.29, 0.717) is 30.2 Å². The van der Waals surface area contributed by atoms with Crippen molar-refractivity contribution in [3.05, 3.63) is 42.5 Å². The number of nitrogens with two attached hydrogens (primary N) is 1. The number of azo groups is 1. The number of nitrogens with zero attached hydrogens (tertiary/aromatic N) is 3. The Labute approximate surface area is 182 Å². The summed E-state index contributed by atoms with van der Waals surface area (Å²) < 4.78 is 49.2. The fraction of sp³-hybridized carbons (Fsp3) is 0.333. The SMILES string of the molecule is Nc1cc(N(CCO)CCO)ccc1N=Nc1ccc(S(=O)(=O)CCOS(=O)[O-])cc1. The maximum Gasteiger partial charge on any atom is 0.180 e. The first-order valence-electron chi connectivity index (χ1n) is 9.10. The maximum atomic E-state index is 12.1. The van der Waals surface area contributed by atoms with E-state index in [1.54, 1.807) is 23.1 Å². The number of sulfone groups is 1. The lowest BCUT2D eigenvalue weighted by molar-refractivity contribution is 0.281. The van der Waals surface area contributed by atoms with Crippen LogP contribution in [-0.2, 0) is 25.4 Å². The minimum absolute atomic E-state index is 0.00320. The van der Waals surface area contributed by atoms with Crippen LogP contribution in [0.15, 0.2) is 57.6 Å². The van der Waals surface area contributed by atoms with Gasteiger partial charge in [-0.15, -0.1) is 5.11 Å². The molecule has 4 N–H and O–H groups in total. The Morgan fingerprint density at radius 1 is 1.06 bits per heavy atom. The zero-order chi connectivity index (χ0) is 22.9. The normalized spacial score (nSPS) is 12.9. The molecule has 0 bridgehead atoms. The summed E-state index contributed by atoms with van der Waals surface area (Å²) >= 11 is -2.77. The lowest BCUT2D eigenvalue weighted by atomic mass is 10.2. The third-order valence-electron chi connectivity index (χ3n) is 4.12. The van der Waals surface area contributed by atoms with Gasteiger partial charge in [-0.2, -0.15) is 5.11 Å². The smallest absolute Gasteiger partial charge is 0.180 e. The van der Waals surface area contributed by atoms with Gasteiger partial charge in [0.25, 0.3) is 0 Å². The lowest BCUT2D eigenvalue weighted by Gasteiger charge is -2.23. The summed E-state index contributed by atoms with van der Waals surface area (Å²) in [6.07, 6.45) is 0. The van der Waals surface area contributed by atoms with E-state index in [0.717, 1.165) is 5.69 Å². The molecule has 31 heavy (non-hydrogen) atoms. The fourth-order valence-electron chi connectivity index (χ4n) is 2.60. The number of hydrogen-bond acceptors (Lipinski definition) is 11. The highest BCUT2D eigenvalue weighted by Crippen LogP contribution is 2.29. The number of nitrogen functional groups attached to an aromatic ring is 1. The first-order valence-corrected chi connectivity index (χ1v) is 11.8. The van der Waals surface area contributed by atoms with Crippen LogP contribution in [0.25, 0.3) is 0 Å². The van der Waals surface area contributed by atoms with Crippen molar-refractivity contribution in [2.45, 2.75) is 4.90 Å². The van der Waals surface area contributed by atoms with Crippen molar-refractivity contribution in [3.63, 3.8) is 0 Å². The quantitative estimate of drug-likeness (QED) is 0.232. The summed E-state index contributed by atoms with van der Waals surface area (Å²) in [5, 5.41) is 26.4. The Bertz CT molecular complexity index is 1010. The van der Waals surface area contributed by atoms with Crippen molar-refractivity contribution in [2.75, 3.05) is 49.3 Å². The van der Waals surface area contributed by atoms with E-state index in [4.69, 9.17) is 15.9 Å². The Hall–Kier alpha value is -2.42. The molecule has 0 spiro atoms. The number of benzene rings is 2. The number of rotatable bonds is 12. The molecular formula is C18H23N4O7S2-. The van der Waals surface area contributed by atoms with Crippen molar-refractivity contribution >= 4 is 43.9 Å². The Morgan fingerprint density at radius 2 is 1.71 bits per heavy atom. The van der Waals surface area contributed by atoms with E-state index < -0.39 is 33.6 Å². The van der Waals surface area contributed by atoms with Crippen molar-refractivity contribution in [1.82, 2.24) is 0 Å². The molecule has 0 aliphatic heterocycles. The molecule has 170 valence electrons. The van der Waals surface area contributed by atoms with E-state index in [1.807, 2.05) is 0 Å². The van der Waals surface area contributed by atoms with E-state index in [-0.39, 0.29) is 18.1 Å². The summed E-state index contributed by atoms with van der Waals surface area (Å²) in [7, 11) is -3.70. The maximum absolute atomic E-state index is 12.1. The monoisotopic (exact) mass is 471 g/mol. The van der Waals surface area contributed by atoms with Gasteiger partial charge >= 0.3 is 0 Å².